The maximum absolute atomic E-state index is 12.8. The number of aliphatic hydroxyl groups is 1. The molecular weight excluding hydrogens is 287 g/mol. The second-order valence-corrected chi connectivity index (χ2v) is 5.78. The summed E-state index contributed by atoms with van der Waals surface area (Å²) in [5.74, 6) is -2.05. The van der Waals surface area contributed by atoms with E-state index in [2.05, 4.69) is 10.6 Å². The molecular formula is C16H21FN2O3. The van der Waals surface area contributed by atoms with Crippen molar-refractivity contribution in [1.29, 1.82) is 0 Å². The van der Waals surface area contributed by atoms with E-state index in [4.69, 9.17) is 0 Å². The van der Waals surface area contributed by atoms with E-state index >= 15 is 0 Å². The molecule has 1 fully saturated rings. The summed E-state index contributed by atoms with van der Waals surface area (Å²) in [7, 11) is 0. The number of carbonyl (C=O) groups is 2. The number of hydrogen-bond donors (Lipinski definition) is 3. The highest BCUT2D eigenvalue weighted by atomic mass is 19.1. The first-order valence-corrected chi connectivity index (χ1v) is 7.56. The number of benzene rings is 1. The van der Waals surface area contributed by atoms with Crippen molar-refractivity contribution >= 4 is 17.5 Å². The Morgan fingerprint density at radius 3 is 2.23 bits per heavy atom. The van der Waals surface area contributed by atoms with Crippen LogP contribution in [-0.2, 0) is 9.59 Å². The Morgan fingerprint density at radius 1 is 1.05 bits per heavy atom. The molecule has 0 bridgehead atoms. The van der Waals surface area contributed by atoms with E-state index in [1.165, 1.54) is 24.3 Å². The topological polar surface area (TPSA) is 78.4 Å². The molecule has 1 aromatic carbocycles. The average Bonchev–Trinajstić information content (AvgIpc) is 2.72. The third-order valence-corrected chi connectivity index (χ3v) is 3.92. The fourth-order valence-corrected chi connectivity index (χ4v) is 2.61. The molecule has 22 heavy (non-hydrogen) atoms. The van der Waals surface area contributed by atoms with Crippen LogP contribution in [0.15, 0.2) is 24.3 Å². The monoisotopic (exact) mass is 308 g/mol. The van der Waals surface area contributed by atoms with Crippen LogP contribution in [-0.4, -0.2) is 29.1 Å². The fourth-order valence-electron chi connectivity index (χ4n) is 2.61. The van der Waals surface area contributed by atoms with Crippen LogP contribution in [0.1, 0.15) is 38.5 Å². The van der Waals surface area contributed by atoms with Gasteiger partial charge in [-0.25, -0.2) is 4.39 Å². The van der Waals surface area contributed by atoms with Crippen LogP contribution >= 0.6 is 0 Å². The Labute approximate surface area is 128 Å². The highest BCUT2D eigenvalue weighted by Crippen LogP contribution is 2.26. The lowest BCUT2D eigenvalue weighted by Gasteiger charge is -2.26. The van der Waals surface area contributed by atoms with Gasteiger partial charge in [-0.05, 0) is 37.1 Å². The first kappa shape index (κ1) is 16.4. The van der Waals surface area contributed by atoms with Gasteiger partial charge in [0.05, 0.1) is 5.60 Å². The average molecular weight is 308 g/mol. The van der Waals surface area contributed by atoms with Crippen molar-refractivity contribution in [1.82, 2.24) is 5.32 Å². The highest BCUT2D eigenvalue weighted by Gasteiger charge is 2.29. The largest absolute Gasteiger partial charge is 0.388 e. The second kappa shape index (κ2) is 7.35. The van der Waals surface area contributed by atoms with Gasteiger partial charge in [-0.2, -0.15) is 0 Å². The molecule has 0 aromatic heterocycles. The van der Waals surface area contributed by atoms with E-state index in [-0.39, 0.29) is 6.54 Å². The summed E-state index contributed by atoms with van der Waals surface area (Å²) >= 11 is 0. The van der Waals surface area contributed by atoms with Crippen LogP contribution in [0.4, 0.5) is 10.1 Å². The predicted molar refractivity (Wildman–Crippen MR) is 80.7 cm³/mol. The van der Waals surface area contributed by atoms with Gasteiger partial charge in [-0.1, -0.05) is 25.7 Å². The quantitative estimate of drug-likeness (QED) is 0.590. The summed E-state index contributed by atoms with van der Waals surface area (Å²) in [6, 6.07) is 5.14. The Morgan fingerprint density at radius 2 is 1.64 bits per heavy atom. The van der Waals surface area contributed by atoms with Crippen molar-refractivity contribution in [3.63, 3.8) is 0 Å². The van der Waals surface area contributed by atoms with Gasteiger partial charge in [0.2, 0.25) is 0 Å². The van der Waals surface area contributed by atoms with E-state index in [0.717, 1.165) is 25.7 Å². The van der Waals surface area contributed by atoms with E-state index in [9.17, 15) is 19.1 Å². The Kier molecular flexibility index (Phi) is 5.49. The van der Waals surface area contributed by atoms with Crippen molar-refractivity contribution < 1.29 is 19.1 Å². The number of amides is 2. The maximum atomic E-state index is 12.8. The molecule has 5 nitrogen and oxygen atoms in total. The van der Waals surface area contributed by atoms with E-state index < -0.39 is 23.2 Å². The van der Waals surface area contributed by atoms with Gasteiger partial charge in [0.1, 0.15) is 5.82 Å². The molecule has 0 unspecified atom stereocenters. The molecule has 2 amide bonds. The highest BCUT2D eigenvalue weighted by molar-refractivity contribution is 6.39. The van der Waals surface area contributed by atoms with Crippen LogP contribution in [0.5, 0.6) is 0 Å². The van der Waals surface area contributed by atoms with E-state index in [1.54, 1.807) is 0 Å². The zero-order valence-corrected chi connectivity index (χ0v) is 12.4. The number of rotatable bonds is 3. The van der Waals surface area contributed by atoms with Gasteiger partial charge in [0.25, 0.3) is 0 Å². The molecule has 0 saturated heterocycles. The third kappa shape index (κ3) is 4.80. The molecule has 1 aromatic rings. The van der Waals surface area contributed by atoms with E-state index in [0.29, 0.717) is 18.5 Å². The van der Waals surface area contributed by atoms with E-state index in [1.807, 2.05) is 0 Å². The molecule has 3 N–H and O–H groups in total. The molecule has 0 atom stereocenters. The van der Waals surface area contributed by atoms with Gasteiger partial charge in [-0.15, -0.1) is 0 Å². The standard InChI is InChI=1S/C16H21FN2O3/c17-12-5-7-13(8-6-12)19-15(21)14(20)18-11-16(22)9-3-1-2-4-10-16/h5-8,22H,1-4,9-11H2,(H,18,20)(H,19,21). The lowest BCUT2D eigenvalue weighted by Crippen LogP contribution is -2.46. The van der Waals surface area contributed by atoms with Crippen LogP contribution in [0.25, 0.3) is 0 Å². The number of carbonyl (C=O) groups excluding carboxylic acids is 2. The molecule has 2 rings (SSSR count). The molecule has 1 aliphatic carbocycles. The zero-order valence-electron chi connectivity index (χ0n) is 12.4. The minimum atomic E-state index is -0.928. The Balaban J connectivity index is 1.83. The van der Waals surface area contributed by atoms with Crippen molar-refractivity contribution in [2.45, 2.75) is 44.1 Å². The lowest BCUT2D eigenvalue weighted by molar-refractivity contribution is -0.136. The van der Waals surface area contributed by atoms with Crippen molar-refractivity contribution in [2.24, 2.45) is 0 Å². The summed E-state index contributed by atoms with van der Waals surface area (Å²) < 4.78 is 12.8. The van der Waals surface area contributed by atoms with Gasteiger partial charge in [0, 0.05) is 12.2 Å². The number of nitrogens with one attached hydrogen (secondary N) is 2. The first-order chi connectivity index (χ1) is 10.5. The summed E-state index contributed by atoms with van der Waals surface area (Å²) in [4.78, 5) is 23.5. The summed E-state index contributed by atoms with van der Waals surface area (Å²) in [5.41, 5.74) is -0.586. The summed E-state index contributed by atoms with van der Waals surface area (Å²) in [6.45, 7) is 0.0721. The molecule has 1 saturated carbocycles. The Bertz CT molecular complexity index is 523. The Hall–Kier alpha value is -1.95. The molecule has 0 heterocycles. The lowest BCUT2D eigenvalue weighted by atomic mass is 9.94. The van der Waals surface area contributed by atoms with Gasteiger partial charge in [0.15, 0.2) is 0 Å². The summed E-state index contributed by atoms with van der Waals surface area (Å²) in [5, 5.41) is 15.3. The molecule has 0 radical (unpaired) electrons. The van der Waals surface area contributed by atoms with Crippen molar-refractivity contribution in [3.05, 3.63) is 30.1 Å². The molecule has 120 valence electrons. The van der Waals surface area contributed by atoms with Crippen molar-refractivity contribution in [2.75, 3.05) is 11.9 Å². The molecule has 0 aliphatic heterocycles. The predicted octanol–water partition coefficient (Wildman–Crippen LogP) is 1.97. The third-order valence-electron chi connectivity index (χ3n) is 3.92. The number of hydrogen-bond acceptors (Lipinski definition) is 3. The minimum Gasteiger partial charge on any atom is -0.388 e. The van der Waals surface area contributed by atoms with Gasteiger partial charge >= 0.3 is 11.8 Å². The van der Waals surface area contributed by atoms with Crippen LogP contribution in [0.3, 0.4) is 0 Å². The fraction of sp³-hybridized carbons (Fsp3) is 0.500. The number of anilines is 1. The van der Waals surface area contributed by atoms with Crippen molar-refractivity contribution in [3.8, 4) is 0 Å². The first-order valence-electron chi connectivity index (χ1n) is 7.56. The van der Waals surface area contributed by atoms with Gasteiger partial charge in [-0.3, -0.25) is 9.59 Å². The van der Waals surface area contributed by atoms with Crippen LogP contribution in [0.2, 0.25) is 0 Å². The van der Waals surface area contributed by atoms with Gasteiger partial charge < -0.3 is 15.7 Å². The second-order valence-electron chi connectivity index (χ2n) is 5.78. The van der Waals surface area contributed by atoms with Crippen LogP contribution in [0, 0.1) is 5.82 Å². The SMILES string of the molecule is O=C(NCC1(O)CCCCCC1)C(=O)Nc1ccc(F)cc1. The normalized spacial score (nSPS) is 17.4. The number of halogens is 1. The molecule has 6 heteroatoms. The summed E-state index contributed by atoms with van der Waals surface area (Å²) in [6.07, 6.45) is 5.28. The molecule has 0 spiro atoms. The maximum Gasteiger partial charge on any atom is 0.313 e. The van der Waals surface area contributed by atoms with Crippen LogP contribution < -0.4 is 10.6 Å². The molecule has 1 aliphatic rings. The minimum absolute atomic E-state index is 0.0721. The zero-order chi connectivity index (χ0) is 16.0. The smallest absolute Gasteiger partial charge is 0.313 e.